The molecule has 3 rings (SSSR count). The van der Waals surface area contributed by atoms with Crippen molar-refractivity contribution >= 4 is 11.8 Å². The van der Waals surface area contributed by atoms with Crippen molar-refractivity contribution in [1.82, 2.24) is 0 Å². The van der Waals surface area contributed by atoms with Gasteiger partial charge in [-0.1, -0.05) is 36.1 Å². The lowest BCUT2D eigenvalue weighted by Gasteiger charge is -2.09. The Balaban J connectivity index is 1.72. The molecule has 0 radical (unpaired) electrons. The number of hydrogen-bond acceptors (Lipinski definition) is 3. The van der Waals surface area contributed by atoms with Gasteiger partial charge in [0.1, 0.15) is 17.0 Å². The first-order valence-electron chi connectivity index (χ1n) is 8.18. The van der Waals surface area contributed by atoms with E-state index in [1.807, 2.05) is 5.40 Å². The van der Waals surface area contributed by atoms with Crippen LogP contribution >= 0.6 is 11.8 Å². The van der Waals surface area contributed by atoms with Crippen LogP contribution in [-0.4, -0.2) is 6.36 Å². The summed E-state index contributed by atoms with van der Waals surface area (Å²) in [5, 5.41) is 10.4. The Bertz CT molecular complexity index is 1110. The van der Waals surface area contributed by atoms with Gasteiger partial charge in [0.2, 0.25) is 0 Å². The van der Waals surface area contributed by atoms with Gasteiger partial charge in [-0.2, -0.15) is 5.26 Å². The number of alkyl halides is 3. The summed E-state index contributed by atoms with van der Waals surface area (Å²) >= 11 is 0.747. The molecule has 0 bridgehead atoms. The summed E-state index contributed by atoms with van der Waals surface area (Å²) in [6, 6.07) is 17.1. The highest BCUT2D eigenvalue weighted by molar-refractivity contribution is 8.03. The van der Waals surface area contributed by atoms with Crippen LogP contribution in [0.5, 0.6) is 5.75 Å². The van der Waals surface area contributed by atoms with Crippen LogP contribution in [0.25, 0.3) is 11.1 Å². The fourth-order valence-corrected chi connectivity index (χ4v) is 2.84. The van der Waals surface area contributed by atoms with Crippen molar-refractivity contribution in [2.75, 3.05) is 0 Å². The zero-order valence-electron chi connectivity index (χ0n) is 14.6. The quantitative estimate of drug-likeness (QED) is 0.217. The SMILES string of the molecule is N#CSc1ccc(C#Cc2ccc(-c3ccc(OC(F)(F)F)cc3)cc2)cc1F. The molecular weight excluding hydrogens is 402 g/mol. The van der Waals surface area contributed by atoms with Crippen molar-refractivity contribution < 1.29 is 22.3 Å². The van der Waals surface area contributed by atoms with E-state index in [2.05, 4.69) is 16.6 Å². The van der Waals surface area contributed by atoms with Gasteiger partial charge in [-0.15, -0.1) is 13.2 Å². The first-order valence-corrected chi connectivity index (χ1v) is 8.99. The molecule has 0 atom stereocenters. The third-order valence-electron chi connectivity index (χ3n) is 3.74. The van der Waals surface area contributed by atoms with Crippen LogP contribution in [0.3, 0.4) is 0 Å². The van der Waals surface area contributed by atoms with Gasteiger partial charge in [0.25, 0.3) is 0 Å². The number of halogens is 4. The summed E-state index contributed by atoms with van der Waals surface area (Å²) in [4.78, 5) is 0.244. The van der Waals surface area contributed by atoms with Crippen molar-refractivity contribution in [1.29, 1.82) is 5.26 Å². The fraction of sp³-hybridized carbons (Fsp3) is 0.0455. The highest BCUT2D eigenvalue weighted by Gasteiger charge is 2.30. The lowest BCUT2D eigenvalue weighted by Crippen LogP contribution is -2.16. The van der Waals surface area contributed by atoms with Crippen LogP contribution in [0.4, 0.5) is 17.6 Å². The number of thiocyanates is 1. The van der Waals surface area contributed by atoms with Gasteiger partial charge in [-0.25, -0.2) is 4.39 Å². The molecule has 7 heteroatoms. The minimum atomic E-state index is -4.72. The summed E-state index contributed by atoms with van der Waals surface area (Å²) < 4.78 is 54.3. The van der Waals surface area contributed by atoms with Crippen LogP contribution in [-0.2, 0) is 0 Å². The third kappa shape index (κ3) is 5.78. The molecule has 2 nitrogen and oxygen atoms in total. The van der Waals surface area contributed by atoms with Crippen LogP contribution in [0.2, 0.25) is 0 Å². The predicted octanol–water partition coefficient (Wildman–Crippen LogP) is 6.36. The molecule has 0 aromatic heterocycles. The molecule has 0 unspecified atom stereocenters. The molecule has 29 heavy (non-hydrogen) atoms. The predicted molar refractivity (Wildman–Crippen MR) is 102 cm³/mol. The van der Waals surface area contributed by atoms with Gasteiger partial charge in [0.05, 0.1) is 4.90 Å². The van der Waals surface area contributed by atoms with Crippen molar-refractivity contribution in [3.63, 3.8) is 0 Å². The minimum absolute atomic E-state index is 0.244. The monoisotopic (exact) mass is 413 g/mol. The van der Waals surface area contributed by atoms with Gasteiger partial charge in [-0.05, 0) is 65.4 Å². The molecule has 3 aromatic rings. The normalized spacial score (nSPS) is 10.6. The maximum Gasteiger partial charge on any atom is 0.573 e. The van der Waals surface area contributed by atoms with E-state index in [0.29, 0.717) is 11.1 Å². The number of rotatable bonds is 3. The lowest BCUT2D eigenvalue weighted by atomic mass is 10.0. The number of nitrogens with zero attached hydrogens (tertiary/aromatic N) is 1. The second-order valence-electron chi connectivity index (χ2n) is 5.74. The molecule has 0 aliphatic carbocycles. The smallest absolute Gasteiger partial charge is 0.406 e. The van der Waals surface area contributed by atoms with E-state index in [1.165, 1.54) is 36.4 Å². The Morgan fingerprint density at radius 1 is 0.793 bits per heavy atom. The molecule has 0 aliphatic heterocycles. The maximum absolute atomic E-state index is 13.8. The second kappa shape index (κ2) is 8.72. The average Bonchev–Trinajstić information content (AvgIpc) is 2.68. The van der Waals surface area contributed by atoms with Crippen LogP contribution in [0, 0.1) is 28.3 Å². The van der Waals surface area contributed by atoms with E-state index < -0.39 is 12.2 Å². The van der Waals surface area contributed by atoms with E-state index in [4.69, 9.17) is 5.26 Å². The molecule has 0 saturated heterocycles. The van der Waals surface area contributed by atoms with Crippen LogP contribution in [0.1, 0.15) is 11.1 Å². The Hall–Kier alpha value is -3.42. The first kappa shape index (κ1) is 20.3. The molecule has 3 aromatic carbocycles. The Morgan fingerprint density at radius 2 is 1.34 bits per heavy atom. The molecule has 0 heterocycles. The average molecular weight is 413 g/mol. The largest absolute Gasteiger partial charge is 0.573 e. The molecule has 144 valence electrons. The molecule has 0 N–H and O–H groups in total. The molecule has 0 amide bonds. The summed E-state index contributed by atoms with van der Waals surface area (Å²) in [5.41, 5.74) is 2.71. The number of ether oxygens (including phenoxy) is 1. The van der Waals surface area contributed by atoms with Gasteiger partial charge in [0.15, 0.2) is 0 Å². The fourth-order valence-electron chi connectivity index (χ4n) is 2.45. The zero-order valence-corrected chi connectivity index (χ0v) is 15.4. The van der Waals surface area contributed by atoms with Crippen molar-refractivity contribution in [2.45, 2.75) is 11.3 Å². The highest BCUT2D eigenvalue weighted by atomic mass is 32.2. The van der Waals surface area contributed by atoms with Gasteiger partial charge in [0, 0.05) is 11.1 Å². The van der Waals surface area contributed by atoms with Crippen molar-refractivity contribution in [3.8, 4) is 34.1 Å². The molecular formula is C22H11F4NOS. The van der Waals surface area contributed by atoms with E-state index >= 15 is 0 Å². The Labute approximate surface area is 168 Å². The van der Waals surface area contributed by atoms with Crippen molar-refractivity contribution in [3.05, 3.63) is 83.7 Å². The van der Waals surface area contributed by atoms with Gasteiger partial charge < -0.3 is 4.74 Å². The standard InChI is InChI=1S/C22H11F4NOS/c23-20-13-16(5-12-21(20)29-14-27)2-1-15-3-6-17(7-4-15)18-8-10-19(11-9-18)28-22(24,25)26/h3-13H. The van der Waals surface area contributed by atoms with E-state index in [-0.39, 0.29) is 10.6 Å². The summed E-state index contributed by atoms with van der Waals surface area (Å²) in [6.45, 7) is 0. The molecule has 0 saturated carbocycles. The summed E-state index contributed by atoms with van der Waals surface area (Å²) in [5.74, 6) is 4.99. The van der Waals surface area contributed by atoms with E-state index in [0.717, 1.165) is 22.9 Å². The number of nitriles is 1. The molecule has 0 spiro atoms. The Kier molecular flexibility index (Phi) is 6.11. The number of thioether (sulfide) groups is 1. The number of hydrogen-bond donors (Lipinski definition) is 0. The lowest BCUT2D eigenvalue weighted by molar-refractivity contribution is -0.274. The highest BCUT2D eigenvalue weighted by Crippen LogP contribution is 2.26. The molecule has 0 fully saturated rings. The van der Waals surface area contributed by atoms with Crippen LogP contribution in [0.15, 0.2) is 71.6 Å². The minimum Gasteiger partial charge on any atom is -0.406 e. The topological polar surface area (TPSA) is 33.0 Å². The second-order valence-corrected chi connectivity index (χ2v) is 6.56. The Morgan fingerprint density at radius 3 is 1.90 bits per heavy atom. The zero-order chi connectivity index (χ0) is 20.9. The number of benzene rings is 3. The van der Waals surface area contributed by atoms with E-state index in [1.54, 1.807) is 30.3 Å². The van der Waals surface area contributed by atoms with Gasteiger partial charge in [-0.3, -0.25) is 0 Å². The van der Waals surface area contributed by atoms with Crippen LogP contribution < -0.4 is 4.74 Å². The summed E-state index contributed by atoms with van der Waals surface area (Å²) in [7, 11) is 0. The third-order valence-corrected chi connectivity index (χ3v) is 4.39. The molecule has 0 aliphatic rings. The van der Waals surface area contributed by atoms with E-state index in [9.17, 15) is 17.6 Å². The van der Waals surface area contributed by atoms with Gasteiger partial charge >= 0.3 is 6.36 Å². The summed E-state index contributed by atoms with van der Waals surface area (Å²) in [6.07, 6.45) is -4.72. The first-order chi connectivity index (χ1) is 13.8. The maximum atomic E-state index is 13.8. The van der Waals surface area contributed by atoms with Crippen molar-refractivity contribution in [2.24, 2.45) is 0 Å².